The minimum atomic E-state index is -1.62. The molecule has 11 nitrogen and oxygen atoms in total. The molecule has 1 rings (SSSR count). The third-order valence-corrected chi connectivity index (χ3v) is 15.3. The number of nitrogens with one attached hydrogen (secondary N) is 1. The third kappa shape index (κ3) is 43.7. The summed E-state index contributed by atoms with van der Waals surface area (Å²) in [5, 5.41) is 57.0. The van der Waals surface area contributed by atoms with Gasteiger partial charge in [0.1, 0.15) is 24.4 Å². The van der Waals surface area contributed by atoms with Crippen LogP contribution in [0.3, 0.4) is 0 Å². The standard InChI is InChI=1S/C69H123NO10/c1-4-7-10-13-16-19-22-25-26-27-28-29-30-31-32-33-34-35-36-37-38-39-42-45-48-51-54-57-64(74)80-67-66(76)65(75)63(58-71)79-69(67)78-59-60(61(72)55-52-49-46-43-40-23-20-17-14-11-8-5-2)70-68(77)62(73)56-53-50-47-44-41-24-21-18-15-12-9-6-3/h16,19,25-26,28-29,31-32,41,44,52,55,60-63,65-67,69,71-73,75-76H,4-15,17-18,20-24,27,30,33-40,42-43,45-51,53-54,56-59H2,1-3H3,(H,70,77)/b19-16-,26-25-,29-28-,32-31-,44-41-,55-52+. The minimum Gasteiger partial charge on any atom is -0.454 e. The number of carbonyl (C=O) groups excluding carboxylic acids is 2. The molecule has 80 heavy (non-hydrogen) atoms. The van der Waals surface area contributed by atoms with Crippen molar-refractivity contribution in [2.75, 3.05) is 13.2 Å². The highest BCUT2D eigenvalue weighted by atomic mass is 16.7. The number of hydrogen-bond acceptors (Lipinski definition) is 10. The molecule has 0 aliphatic carbocycles. The van der Waals surface area contributed by atoms with Gasteiger partial charge in [-0.25, -0.2) is 0 Å². The van der Waals surface area contributed by atoms with E-state index in [0.29, 0.717) is 12.8 Å². The molecule has 0 aromatic heterocycles. The Labute approximate surface area is 490 Å². The zero-order valence-corrected chi connectivity index (χ0v) is 51.4. The number of aliphatic hydroxyl groups is 5. The smallest absolute Gasteiger partial charge is 0.306 e. The van der Waals surface area contributed by atoms with Gasteiger partial charge in [0, 0.05) is 6.42 Å². The van der Waals surface area contributed by atoms with E-state index in [9.17, 15) is 35.1 Å². The van der Waals surface area contributed by atoms with Gasteiger partial charge in [-0.1, -0.05) is 261 Å². The van der Waals surface area contributed by atoms with Crippen molar-refractivity contribution in [3.8, 4) is 0 Å². The monoisotopic (exact) mass is 1130 g/mol. The molecular weight excluding hydrogens is 1000 g/mol. The van der Waals surface area contributed by atoms with E-state index < -0.39 is 67.4 Å². The summed E-state index contributed by atoms with van der Waals surface area (Å²) in [6.07, 6.45) is 62.3. The summed E-state index contributed by atoms with van der Waals surface area (Å²) in [6.45, 7) is 5.74. The lowest BCUT2D eigenvalue weighted by Gasteiger charge is -2.41. The van der Waals surface area contributed by atoms with Gasteiger partial charge in [-0.05, 0) is 96.3 Å². The van der Waals surface area contributed by atoms with E-state index in [2.05, 4.69) is 86.8 Å². The maximum Gasteiger partial charge on any atom is 0.306 e. The van der Waals surface area contributed by atoms with E-state index in [1.165, 1.54) is 161 Å². The van der Waals surface area contributed by atoms with E-state index in [1.807, 2.05) is 6.08 Å². The van der Waals surface area contributed by atoms with Crippen molar-refractivity contribution in [1.82, 2.24) is 5.32 Å². The molecule has 0 bridgehead atoms. The Morgan fingerprint density at radius 2 is 0.863 bits per heavy atom. The van der Waals surface area contributed by atoms with Crippen molar-refractivity contribution in [2.45, 2.75) is 339 Å². The molecule has 0 radical (unpaired) electrons. The molecule has 6 N–H and O–H groups in total. The fourth-order valence-corrected chi connectivity index (χ4v) is 10.0. The van der Waals surface area contributed by atoms with Crippen LogP contribution in [0.15, 0.2) is 72.9 Å². The number of ether oxygens (including phenoxy) is 3. The lowest BCUT2D eigenvalue weighted by atomic mass is 9.99. The number of amides is 1. The summed E-state index contributed by atoms with van der Waals surface area (Å²) in [7, 11) is 0. The maximum atomic E-state index is 13.4. The van der Waals surface area contributed by atoms with E-state index in [-0.39, 0.29) is 19.4 Å². The van der Waals surface area contributed by atoms with Crippen molar-refractivity contribution in [2.24, 2.45) is 0 Å². The molecule has 8 unspecified atom stereocenters. The van der Waals surface area contributed by atoms with Crippen LogP contribution in [0.4, 0.5) is 0 Å². The third-order valence-electron chi connectivity index (χ3n) is 15.3. The van der Waals surface area contributed by atoms with Crippen LogP contribution >= 0.6 is 0 Å². The Morgan fingerprint density at radius 1 is 0.487 bits per heavy atom. The molecule has 1 aliphatic rings. The van der Waals surface area contributed by atoms with Crippen LogP contribution in [0, 0.1) is 0 Å². The number of aliphatic hydroxyl groups excluding tert-OH is 5. The molecule has 11 heteroatoms. The molecule has 0 aromatic rings. The molecule has 464 valence electrons. The summed E-state index contributed by atoms with van der Waals surface area (Å²) in [5.74, 6) is -1.21. The van der Waals surface area contributed by atoms with Crippen molar-refractivity contribution in [3.63, 3.8) is 0 Å². The minimum absolute atomic E-state index is 0.116. The number of allylic oxidation sites excluding steroid dienone is 11. The second kappa shape index (κ2) is 56.6. The Hall–Kier alpha value is -2.90. The van der Waals surface area contributed by atoms with Gasteiger partial charge >= 0.3 is 5.97 Å². The van der Waals surface area contributed by atoms with Crippen LogP contribution in [-0.2, 0) is 23.8 Å². The summed E-state index contributed by atoms with van der Waals surface area (Å²) < 4.78 is 17.6. The second-order valence-corrected chi connectivity index (χ2v) is 22.8. The number of esters is 1. The first kappa shape index (κ1) is 75.1. The molecule has 0 aromatic carbocycles. The Morgan fingerprint density at radius 3 is 1.32 bits per heavy atom. The summed E-state index contributed by atoms with van der Waals surface area (Å²) in [5.41, 5.74) is 0. The molecule has 8 atom stereocenters. The second-order valence-electron chi connectivity index (χ2n) is 22.8. The molecule has 1 amide bonds. The van der Waals surface area contributed by atoms with Gasteiger partial charge in [0.25, 0.3) is 0 Å². The molecule has 0 spiro atoms. The quantitative estimate of drug-likeness (QED) is 0.0195. The van der Waals surface area contributed by atoms with Gasteiger partial charge in [-0.15, -0.1) is 0 Å². The van der Waals surface area contributed by atoms with Gasteiger partial charge in [-0.3, -0.25) is 9.59 Å². The van der Waals surface area contributed by atoms with E-state index in [0.717, 1.165) is 83.5 Å². The summed E-state index contributed by atoms with van der Waals surface area (Å²) >= 11 is 0. The average molecular weight is 1130 g/mol. The first-order valence-electron chi connectivity index (χ1n) is 33.2. The predicted molar refractivity (Wildman–Crippen MR) is 333 cm³/mol. The van der Waals surface area contributed by atoms with Gasteiger partial charge in [0.2, 0.25) is 5.91 Å². The van der Waals surface area contributed by atoms with Crippen LogP contribution in [0.1, 0.15) is 290 Å². The molecule has 1 heterocycles. The zero-order chi connectivity index (χ0) is 58.2. The lowest BCUT2D eigenvalue weighted by Crippen LogP contribution is -2.61. The summed E-state index contributed by atoms with van der Waals surface area (Å²) in [6, 6.07) is -1.03. The van der Waals surface area contributed by atoms with Gasteiger partial charge in [0.15, 0.2) is 12.4 Å². The Kier molecular flexibility index (Phi) is 53.1. The molecule has 1 aliphatic heterocycles. The number of carbonyl (C=O) groups is 2. The molecule has 1 fully saturated rings. The topological polar surface area (TPSA) is 175 Å². The van der Waals surface area contributed by atoms with Crippen molar-refractivity contribution in [1.29, 1.82) is 0 Å². The van der Waals surface area contributed by atoms with Crippen LogP contribution in [0.2, 0.25) is 0 Å². The first-order valence-corrected chi connectivity index (χ1v) is 33.2. The van der Waals surface area contributed by atoms with Gasteiger partial charge in [0.05, 0.1) is 25.4 Å². The highest BCUT2D eigenvalue weighted by Crippen LogP contribution is 2.26. The number of rotatable bonds is 56. The highest BCUT2D eigenvalue weighted by Gasteiger charge is 2.47. The summed E-state index contributed by atoms with van der Waals surface area (Å²) in [4.78, 5) is 26.6. The fraction of sp³-hybridized carbons (Fsp3) is 0.797. The van der Waals surface area contributed by atoms with Gasteiger partial charge < -0.3 is 45.1 Å². The average Bonchev–Trinajstić information content (AvgIpc) is 3.46. The Balaban J connectivity index is 2.56. The Bertz CT molecular complexity index is 1580. The van der Waals surface area contributed by atoms with Crippen LogP contribution < -0.4 is 5.32 Å². The largest absolute Gasteiger partial charge is 0.454 e. The van der Waals surface area contributed by atoms with Crippen molar-refractivity contribution >= 4 is 11.9 Å². The maximum absolute atomic E-state index is 13.4. The molecule has 0 saturated carbocycles. The van der Waals surface area contributed by atoms with E-state index in [1.54, 1.807) is 6.08 Å². The van der Waals surface area contributed by atoms with Gasteiger partial charge in [-0.2, -0.15) is 0 Å². The van der Waals surface area contributed by atoms with Crippen molar-refractivity contribution in [3.05, 3.63) is 72.9 Å². The molecule has 1 saturated heterocycles. The van der Waals surface area contributed by atoms with Crippen LogP contribution in [0.25, 0.3) is 0 Å². The lowest BCUT2D eigenvalue weighted by molar-refractivity contribution is -0.305. The van der Waals surface area contributed by atoms with E-state index >= 15 is 0 Å². The fourth-order valence-electron chi connectivity index (χ4n) is 10.0. The van der Waals surface area contributed by atoms with E-state index in [4.69, 9.17) is 14.2 Å². The highest BCUT2D eigenvalue weighted by molar-refractivity contribution is 5.80. The number of hydrogen-bond donors (Lipinski definition) is 6. The van der Waals surface area contributed by atoms with Crippen LogP contribution in [-0.4, -0.2) is 99.6 Å². The zero-order valence-electron chi connectivity index (χ0n) is 51.4. The predicted octanol–water partition coefficient (Wildman–Crippen LogP) is 16.3. The number of unbranched alkanes of at least 4 members (excludes halogenated alkanes) is 32. The SMILES string of the molecule is CCCCC/C=C\C/C=C\C/C=C\C/C=C\CCCCCCCCCCCCCC(=O)OC1C(OCC(NC(=O)C(O)CCCC/C=C\CCCCCCCC)C(O)/C=C/CCCCCCCCCCCC)OC(CO)C(O)C1O. The normalized spacial score (nSPS) is 19.2. The first-order chi connectivity index (χ1) is 39.2. The van der Waals surface area contributed by atoms with Crippen molar-refractivity contribution < 1.29 is 49.3 Å². The molecular formula is C69H123NO10. The van der Waals surface area contributed by atoms with Crippen LogP contribution in [0.5, 0.6) is 0 Å².